The van der Waals surface area contributed by atoms with Gasteiger partial charge in [0.05, 0.1) is 5.56 Å². The second kappa shape index (κ2) is 7.17. The molecule has 3 rings (SSSR count). The quantitative estimate of drug-likeness (QED) is 0.769. The maximum atomic E-state index is 12.7. The van der Waals surface area contributed by atoms with Crippen LogP contribution in [-0.2, 0) is 6.18 Å². The predicted octanol–water partition coefficient (Wildman–Crippen LogP) is 5.12. The molecule has 132 valence electrons. The molecule has 1 aliphatic rings. The molecule has 1 amide bonds. The minimum absolute atomic E-state index is 0.0229. The molecule has 0 bridgehead atoms. The van der Waals surface area contributed by atoms with Gasteiger partial charge in [-0.3, -0.25) is 4.79 Å². The molecule has 0 atom stereocenters. The van der Waals surface area contributed by atoms with Gasteiger partial charge in [0.1, 0.15) is 11.5 Å². The van der Waals surface area contributed by atoms with E-state index in [2.05, 4.69) is 0 Å². The summed E-state index contributed by atoms with van der Waals surface area (Å²) in [5.74, 6) is 0.463. The van der Waals surface area contributed by atoms with Crippen molar-refractivity contribution in [2.75, 3.05) is 13.1 Å². The Kier molecular flexibility index (Phi) is 4.97. The average Bonchev–Trinajstić information content (AvgIpc) is 2.62. The Morgan fingerprint density at radius 1 is 0.920 bits per heavy atom. The minimum Gasteiger partial charge on any atom is -0.457 e. The second-order valence-electron chi connectivity index (χ2n) is 6.00. The van der Waals surface area contributed by atoms with Crippen molar-refractivity contribution in [3.63, 3.8) is 0 Å². The highest BCUT2D eigenvalue weighted by atomic mass is 19.4. The number of amides is 1. The van der Waals surface area contributed by atoms with Crippen molar-refractivity contribution in [3.8, 4) is 11.5 Å². The summed E-state index contributed by atoms with van der Waals surface area (Å²) >= 11 is 0. The van der Waals surface area contributed by atoms with Crippen LogP contribution in [0.3, 0.4) is 0 Å². The van der Waals surface area contributed by atoms with E-state index >= 15 is 0 Å². The summed E-state index contributed by atoms with van der Waals surface area (Å²) in [6, 6.07) is 11.2. The summed E-state index contributed by atoms with van der Waals surface area (Å²) in [6.07, 6.45) is -1.23. The molecule has 0 unspecified atom stereocenters. The summed E-state index contributed by atoms with van der Waals surface area (Å²) in [7, 11) is 0. The van der Waals surface area contributed by atoms with Gasteiger partial charge >= 0.3 is 6.18 Å². The van der Waals surface area contributed by atoms with Gasteiger partial charge in [-0.05, 0) is 61.7 Å². The van der Waals surface area contributed by atoms with E-state index in [1.807, 2.05) is 4.90 Å². The fourth-order valence-electron chi connectivity index (χ4n) is 2.82. The number of alkyl halides is 3. The highest BCUT2D eigenvalue weighted by Crippen LogP contribution is 2.32. The van der Waals surface area contributed by atoms with Gasteiger partial charge in [0, 0.05) is 18.7 Å². The van der Waals surface area contributed by atoms with Crippen molar-refractivity contribution in [3.05, 3.63) is 59.7 Å². The molecule has 0 spiro atoms. The van der Waals surface area contributed by atoms with Crippen LogP contribution in [0.1, 0.15) is 35.2 Å². The Labute approximate surface area is 144 Å². The van der Waals surface area contributed by atoms with Crippen molar-refractivity contribution < 1.29 is 22.7 Å². The van der Waals surface area contributed by atoms with Crippen molar-refractivity contribution in [2.45, 2.75) is 25.4 Å². The minimum atomic E-state index is -4.41. The third-order valence-electron chi connectivity index (χ3n) is 4.14. The molecule has 1 heterocycles. The van der Waals surface area contributed by atoms with Crippen LogP contribution in [0.25, 0.3) is 0 Å². The van der Waals surface area contributed by atoms with Crippen LogP contribution in [0.5, 0.6) is 11.5 Å². The summed E-state index contributed by atoms with van der Waals surface area (Å²) in [5.41, 5.74) is -0.208. The molecular weight excluding hydrogens is 331 g/mol. The third kappa shape index (κ3) is 4.32. The second-order valence-corrected chi connectivity index (χ2v) is 6.00. The van der Waals surface area contributed by atoms with Gasteiger partial charge in [0.2, 0.25) is 0 Å². The van der Waals surface area contributed by atoms with E-state index in [1.165, 1.54) is 12.1 Å². The number of halogens is 3. The predicted molar refractivity (Wildman–Crippen MR) is 87.7 cm³/mol. The Hall–Kier alpha value is -2.50. The van der Waals surface area contributed by atoms with Crippen LogP contribution >= 0.6 is 0 Å². The molecule has 2 aromatic rings. The fourth-order valence-corrected chi connectivity index (χ4v) is 2.82. The molecule has 0 N–H and O–H groups in total. The first kappa shape index (κ1) is 17.3. The number of carbonyl (C=O) groups excluding carboxylic acids is 1. The topological polar surface area (TPSA) is 29.5 Å². The number of likely N-dealkylation sites (tertiary alicyclic amines) is 1. The smallest absolute Gasteiger partial charge is 0.416 e. The zero-order valence-corrected chi connectivity index (χ0v) is 13.6. The molecule has 1 saturated heterocycles. The lowest BCUT2D eigenvalue weighted by Gasteiger charge is -2.26. The van der Waals surface area contributed by atoms with Crippen molar-refractivity contribution in [1.82, 2.24) is 4.90 Å². The van der Waals surface area contributed by atoms with Crippen molar-refractivity contribution in [2.24, 2.45) is 0 Å². The van der Waals surface area contributed by atoms with E-state index in [9.17, 15) is 18.0 Å². The molecule has 0 aliphatic carbocycles. The molecule has 1 aliphatic heterocycles. The van der Waals surface area contributed by atoms with E-state index in [0.29, 0.717) is 11.3 Å². The first-order valence-corrected chi connectivity index (χ1v) is 8.18. The Balaban J connectivity index is 1.69. The van der Waals surface area contributed by atoms with E-state index in [-0.39, 0.29) is 11.7 Å². The van der Waals surface area contributed by atoms with Gasteiger partial charge in [0.25, 0.3) is 5.91 Å². The monoisotopic (exact) mass is 349 g/mol. The maximum Gasteiger partial charge on any atom is 0.416 e. The van der Waals surface area contributed by atoms with Gasteiger partial charge < -0.3 is 9.64 Å². The zero-order chi connectivity index (χ0) is 17.9. The van der Waals surface area contributed by atoms with Crippen LogP contribution in [-0.4, -0.2) is 23.9 Å². The summed E-state index contributed by atoms with van der Waals surface area (Å²) in [5, 5.41) is 0. The third-order valence-corrected chi connectivity index (χ3v) is 4.14. The van der Waals surface area contributed by atoms with Crippen LogP contribution in [0.4, 0.5) is 13.2 Å². The summed E-state index contributed by atoms with van der Waals surface area (Å²) in [4.78, 5) is 14.2. The number of piperidine rings is 1. The molecule has 2 aromatic carbocycles. The summed E-state index contributed by atoms with van der Waals surface area (Å²) in [6.45, 7) is 1.53. The number of carbonyl (C=O) groups is 1. The lowest BCUT2D eigenvalue weighted by Crippen LogP contribution is -2.35. The normalized spacial score (nSPS) is 15.1. The lowest BCUT2D eigenvalue weighted by atomic mass is 10.1. The standard InChI is InChI=1S/C19H18F3NO2/c20-19(21,22)15-5-4-6-17(13-15)25-16-9-7-14(8-10-16)18(24)23-11-2-1-3-12-23/h4-10,13H,1-3,11-12H2. The van der Waals surface area contributed by atoms with E-state index < -0.39 is 11.7 Å². The van der Waals surface area contributed by atoms with Crippen LogP contribution in [0, 0.1) is 0 Å². The Morgan fingerprint density at radius 3 is 2.24 bits per heavy atom. The molecule has 1 fully saturated rings. The summed E-state index contributed by atoms with van der Waals surface area (Å²) < 4.78 is 43.7. The van der Waals surface area contributed by atoms with E-state index in [1.54, 1.807) is 24.3 Å². The van der Waals surface area contributed by atoms with Gasteiger partial charge in [-0.1, -0.05) is 6.07 Å². The zero-order valence-electron chi connectivity index (χ0n) is 13.6. The van der Waals surface area contributed by atoms with Gasteiger partial charge in [0.15, 0.2) is 0 Å². The number of ether oxygens (including phenoxy) is 1. The number of hydrogen-bond acceptors (Lipinski definition) is 2. The number of hydrogen-bond donors (Lipinski definition) is 0. The first-order chi connectivity index (χ1) is 11.9. The van der Waals surface area contributed by atoms with E-state index in [4.69, 9.17) is 4.74 Å². The average molecular weight is 349 g/mol. The molecule has 0 saturated carbocycles. The van der Waals surface area contributed by atoms with Crippen LogP contribution in [0.2, 0.25) is 0 Å². The Morgan fingerprint density at radius 2 is 1.60 bits per heavy atom. The van der Waals surface area contributed by atoms with Gasteiger partial charge in [-0.25, -0.2) is 0 Å². The van der Waals surface area contributed by atoms with Gasteiger partial charge in [-0.15, -0.1) is 0 Å². The largest absolute Gasteiger partial charge is 0.457 e. The van der Waals surface area contributed by atoms with E-state index in [0.717, 1.165) is 44.5 Å². The Bertz CT molecular complexity index is 735. The SMILES string of the molecule is O=C(c1ccc(Oc2cccc(C(F)(F)F)c2)cc1)N1CCCCC1. The molecular formula is C19H18F3NO2. The number of benzene rings is 2. The van der Waals surface area contributed by atoms with Gasteiger partial charge in [-0.2, -0.15) is 13.2 Å². The molecule has 0 aromatic heterocycles. The molecule has 0 radical (unpaired) electrons. The molecule has 3 nitrogen and oxygen atoms in total. The highest BCUT2D eigenvalue weighted by Gasteiger charge is 2.30. The number of rotatable bonds is 3. The van der Waals surface area contributed by atoms with Crippen LogP contribution < -0.4 is 4.74 Å². The molecule has 25 heavy (non-hydrogen) atoms. The van der Waals surface area contributed by atoms with Crippen molar-refractivity contribution >= 4 is 5.91 Å². The number of nitrogens with zero attached hydrogens (tertiary/aromatic N) is 1. The van der Waals surface area contributed by atoms with Crippen molar-refractivity contribution in [1.29, 1.82) is 0 Å². The van der Waals surface area contributed by atoms with Crippen LogP contribution in [0.15, 0.2) is 48.5 Å². The highest BCUT2D eigenvalue weighted by molar-refractivity contribution is 5.94. The lowest BCUT2D eigenvalue weighted by molar-refractivity contribution is -0.137. The first-order valence-electron chi connectivity index (χ1n) is 8.18. The molecule has 6 heteroatoms. The fraction of sp³-hybridized carbons (Fsp3) is 0.316. The maximum absolute atomic E-state index is 12.7.